The highest BCUT2D eigenvalue weighted by molar-refractivity contribution is 7.84. The smallest absolute Gasteiger partial charge is 0.384 e. The molecule has 0 heterocycles. The number of nitriles is 1. The van der Waals surface area contributed by atoms with Gasteiger partial charge in [0.1, 0.15) is 0 Å². The maximum Gasteiger partial charge on any atom is 0.384 e. The second-order valence-electron chi connectivity index (χ2n) is 4.03. The lowest BCUT2D eigenvalue weighted by atomic mass is 10.1. The molecule has 8 heteroatoms. The quantitative estimate of drug-likeness (QED) is 0.738. The first-order chi connectivity index (χ1) is 9.85. The van der Waals surface area contributed by atoms with Crippen molar-refractivity contribution in [1.82, 2.24) is 4.31 Å². The van der Waals surface area contributed by atoms with E-state index >= 15 is 0 Å². The highest BCUT2D eigenvalue weighted by Gasteiger charge is 2.20. The SMILES string of the molecule is COc1cc(/C=C/C#N)c(OS(=O)(=O)N(C)C)cc1OC. The molecule has 1 aromatic carbocycles. The maximum atomic E-state index is 11.8. The Morgan fingerprint density at radius 1 is 1.14 bits per heavy atom. The second-order valence-corrected chi connectivity index (χ2v) is 5.78. The van der Waals surface area contributed by atoms with Gasteiger partial charge in [-0.25, -0.2) is 0 Å². The summed E-state index contributed by atoms with van der Waals surface area (Å²) >= 11 is 0. The molecule has 0 aromatic heterocycles. The van der Waals surface area contributed by atoms with Gasteiger partial charge >= 0.3 is 10.3 Å². The fraction of sp³-hybridized carbons (Fsp3) is 0.308. The third-order valence-corrected chi connectivity index (χ3v) is 3.78. The normalized spacial score (nSPS) is 11.4. The fourth-order valence-corrected chi connectivity index (χ4v) is 1.91. The molecule has 1 rings (SSSR count). The van der Waals surface area contributed by atoms with Gasteiger partial charge in [-0.15, -0.1) is 0 Å². The predicted octanol–water partition coefficient (Wildman–Crippen LogP) is 1.43. The Morgan fingerprint density at radius 3 is 2.19 bits per heavy atom. The van der Waals surface area contributed by atoms with Gasteiger partial charge in [-0.05, 0) is 12.1 Å². The molecule has 0 aliphatic heterocycles. The lowest BCUT2D eigenvalue weighted by Gasteiger charge is -2.16. The van der Waals surface area contributed by atoms with Crippen molar-refractivity contribution in [3.05, 3.63) is 23.8 Å². The van der Waals surface area contributed by atoms with E-state index in [1.54, 1.807) is 0 Å². The monoisotopic (exact) mass is 312 g/mol. The zero-order chi connectivity index (χ0) is 16.0. The third kappa shape index (κ3) is 4.11. The number of hydrogen-bond acceptors (Lipinski definition) is 6. The molecule has 0 N–H and O–H groups in total. The number of ether oxygens (including phenoxy) is 2. The Labute approximate surface area is 124 Å². The summed E-state index contributed by atoms with van der Waals surface area (Å²) in [4.78, 5) is 0. The third-order valence-electron chi connectivity index (χ3n) is 2.50. The molecule has 114 valence electrons. The molecule has 0 radical (unpaired) electrons. The summed E-state index contributed by atoms with van der Waals surface area (Å²) in [6, 6.07) is 4.73. The van der Waals surface area contributed by atoms with Crippen LogP contribution in [0.25, 0.3) is 6.08 Å². The van der Waals surface area contributed by atoms with Gasteiger partial charge < -0.3 is 13.7 Å². The molecule has 7 nitrogen and oxygen atoms in total. The first kappa shape index (κ1) is 16.8. The van der Waals surface area contributed by atoms with E-state index < -0.39 is 10.3 Å². The van der Waals surface area contributed by atoms with E-state index in [9.17, 15) is 8.42 Å². The number of rotatable bonds is 6. The summed E-state index contributed by atoms with van der Waals surface area (Å²) in [5.74, 6) is 0.744. The number of benzene rings is 1. The van der Waals surface area contributed by atoms with Gasteiger partial charge in [0.25, 0.3) is 0 Å². The largest absolute Gasteiger partial charge is 0.493 e. The van der Waals surface area contributed by atoms with Crippen LogP contribution in [-0.2, 0) is 10.3 Å². The average Bonchev–Trinajstić information content (AvgIpc) is 2.44. The van der Waals surface area contributed by atoms with E-state index in [0.29, 0.717) is 17.1 Å². The molecule has 0 amide bonds. The Hall–Kier alpha value is -2.24. The van der Waals surface area contributed by atoms with Crippen LogP contribution in [0.15, 0.2) is 18.2 Å². The van der Waals surface area contributed by atoms with E-state index in [4.69, 9.17) is 18.9 Å². The summed E-state index contributed by atoms with van der Waals surface area (Å²) in [5.41, 5.74) is 0.375. The molecule has 0 aliphatic carbocycles. The molecule has 0 bridgehead atoms. The first-order valence-electron chi connectivity index (χ1n) is 5.79. The van der Waals surface area contributed by atoms with Crippen LogP contribution in [0, 0.1) is 11.3 Å². The summed E-state index contributed by atoms with van der Waals surface area (Å²) in [6.45, 7) is 0. The van der Waals surface area contributed by atoms with Crippen molar-refractivity contribution in [1.29, 1.82) is 5.26 Å². The van der Waals surface area contributed by atoms with Crippen molar-refractivity contribution < 1.29 is 22.1 Å². The molecule has 0 aliphatic rings. The molecule has 21 heavy (non-hydrogen) atoms. The Morgan fingerprint density at radius 2 is 1.71 bits per heavy atom. The summed E-state index contributed by atoms with van der Waals surface area (Å²) < 4.78 is 39.9. The minimum Gasteiger partial charge on any atom is -0.493 e. The summed E-state index contributed by atoms with van der Waals surface area (Å²) in [5, 5.41) is 8.61. The van der Waals surface area contributed by atoms with E-state index in [1.165, 1.54) is 52.6 Å². The van der Waals surface area contributed by atoms with Crippen LogP contribution >= 0.6 is 0 Å². The highest BCUT2D eigenvalue weighted by Crippen LogP contribution is 2.36. The molecule has 0 spiro atoms. The minimum atomic E-state index is -3.92. The second kappa shape index (κ2) is 6.97. The van der Waals surface area contributed by atoms with Gasteiger partial charge in [0.15, 0.2) is 17.2 Å². The zero-order valence-corrected chi connectivity index (χ0v) is 13.0. The van der Waals surface area contributed by atoms with Crippen molar-refractivity contribution in [2.75, 3.05) is 28.3 Å². The minimum absolute atomic E-state index is 0.0350. The van der Waals surface area contributed by atoms with Gasteiger partial charge in [-0.3, -0.25) is 0 Å². The van der Waals surface area contributed by atoms with Gasteiger partial charge in [-0.1, -0.05) is 0 Å². The Bertz CT molecular complexity index is 675. The summed E-state index contributed by atoms with van der Waals surface area (Å²) in [7, 11) is 1.65. The van der Waals surface area contributed by atoms with Gasteiger partial charge in [0.05, 0.1) is 20.3 Å². The number of hydrogen-bond donors (Lipinski definition) is 0. The van der Waals surface area contributed by atoms with Gasteiger partial charge in [0, 0.05) is 31.8 Å². The highest BCUT2D eigenvalue weighted by atomic mass is 32.2. The van der Waals surface area contributed by atoms with E-state index in [2.05, 4.69) is 0 Å². The van der Waals surface area contributed by atoms with Crippen LogP contribution in [0.1, 0.15) is 5.56 Å². The number of methoxy groups -OCH3 is 2. The van der Waals surface area contributed by atoms with Crippen LogP contribution in [0.5, 0.6) is 17.2 Å². The standard InChI is InChI=1S/C13H16N2O5S/c1-15(2)21(16,17)20-11-9-13(19-4)12(18-3)8-10(11)6-5-7-14/h5-6,8-9H,1-4H3/b6-5+. The Balaban J connectivity index is 3.40. The van der Waals surface area contributed by atoms with E-state index in [1.807, 2.05) is 6.07 Å². The van der Waals surface area contributed by atoms with Crippen molar-refractivity contribution in [2.45, 2.75) is 0 Å². The first-order valence-corrected chi connectivity index (χ1v) is 7.16. The number of allylic oxidation sites excluding steroid dienone is 1. The predicted molar refractivity (Wildman–Crippen MR) is 77.4 cm³/mol. The van der Waals surface area contributed by atoms with Crippen LogP contribution in [0.4, 0.5) is 0 Å². The molecule has 0 saturated carbocycles. The van der Waals surface area contributed by atoms with E-state index in [-0.39, 0.29) is 5.75 Å². The summed E-state index contributed by atoms with van der Waals surface area (Å²) in [6.07, 6.45) is 2.62. The molecule has 0 saturated heterocycles. The lowest BCUT2D eigenvalue weighted by Crippen LogP contribution is -2.27. The molecule has 1 aromatic rings. The average molecular weight is 312 g/mol. The molecule has 0 unspecified atom stereocenters. The van der Waals surface area contributed by atoms with Gasteiger partial charge in [-0.2, -0.15) is 18.0 Å². The van der Waals surface area contributed by atoms with Crippen LogP contribution < -0.4 is 13.7 Å². The fourth-order valence-electron chi connectivity index (χ4n) is 1.39. The number of nitrogens with zero attached hydrogens (tertiary/aromatic N) is 2. The van der Waals surface area contributed by atoms with Crippen LogP contribution in [0.3, 0.4) is 0 Å². The molecular weight excluding hydrogens is 296 g/mol. The van der Waals surface area contributed by atoms with Crippen LogP contribution in [-0.4, -0.2) is 41.0 Å². The van der Waals surface area contributed by atoms with E-state index in [0.717, 1.165) is 4.31 Å². The van der Waals surface area contributed by atoms with Crippen molar-refractivity contribution in [3.63, 3.8) is 0 Å². The van der Waals surface area contributed by atoms with Crippen molar-refractivity contribution in [3.8, 4) is 23.3 Å². The molecule has 0 atom stereocenters. The molecular formula is C13H16N2O5S. The van der Waals surface area contributed by atoms with Crippen molar-refractivity contribution >= 4 is 16.4 Å². The maximum absolute atomic E-state index is 11.8. The molecule has 0 fully saturated rings. The zero-order valence-electron chi connectivity index (χ0n) is 12.2. The topological polar surface area (TPSA) is 88.9 Å². The van der Waals surface area contributed by atoms with Crippen LogP contribution in [0.2, 0.25) is 0 Å². The Kier molecular flexibility index (Phi) is 5.58. The lowest BCUT2D eigenvalue weighted by molar-refractivity contribution is 0.352. The van der Waals surface area contributed by atoms with Gasteiger partial charge in [0.2, 0.25) is 0 Å². The van der Waals surface area contributed by atoms with Crippen molar-refractivity contribution in [2.24, 2.45) is 0 Å².